The van der Waals surface area contributed by atoms with E-state index in [0.29, 0.717) is 34.6 Å². The number of aromatic nitrogens is 4. The third-order valence-electron chi connectivity index (χ3n) is 8.76. The molecule has 4 N–H and O–H groups in total. The van der Waals surface area contributed by atoms with Crippen LogP contribution in [-0.2, 0) is 35.5 Å². The SMILES string of the molecule is C=Cc1c(C)c2cc3nc(c(C)c4nc(cc5[nH]c(cc1[nH]2)c(C)c5CC)C(C)=C4C(=O)O)[C@@H](CCC(=O)O)[C@@H]3C.[Na+].[Zn+2]. The summed E-state index contributed by atoms with van der Waals surface area (Å²) < 4.78 is 0. The molecule has 0 amide bonds. The molecule has 0 radical (unpaired) electrons. The molecule has 0 saturated carbocycles. The second kappa shape index (κ2) is 13.4. The zero-order valence-electron chi connectivity index (χ0n) is 26.1. The Morgan fingerprint density at radius 2 is 1.60 bits per heavy atom. The van der Waals surface area contributed by atoms with Gasteiger partial charge in [0, 0.05) is 57.3 Å². The first-order valence-corrected chi connectivity index (χ1v) is 14.0. The number of aryl methyl sites for hydroxylation is 3. The Hall–Kier alpha value is -2.84. The Bertz CT molecular complexity index is 1840. The van der Waals surface area contributed by atoms with Crippen LogP contribution in [0.1, 0.15) is 96.0 Å². The monoisotopic (exact) mass is 639 g/mol. The topological polar surface area (TPSA) is 132 Å². The number of rotatable bonds is 6. The Labute approximate surface area is 286 Å². The molecule has 8 nitrogen and oxygen atoms in total. The average Bonchev–Trinajstić information content (AvgIpc) is 3.60. The molecule has 0 saturated heterocycles. The van der Waals surface area contributed by atoms with Gasteiger partial charge in [0.25, 0.3) is 0 Å². The van der Waals surface area contributed by atoms with Crippen LogP contribution in [0.25, 0.3) is 39.3 Å². The van der Waals surface area contributed by atoms with E-state index in [1.807, 2.05) is 39.0 Å². The Kier molecular flexibility index (Phi) is 10.8. The summed E-state index contributed by atoms with van der Waals surface area (Å²) in [4.78, 5) is 41.1. The van der Waals surface area contributed by atoms with Gasteiger partial charge in [-0.25, -0.2) is 9.78 Å². The molecule has 3 aromatic heterocycles. The summed E-state index contributed by atoms with van der Waals surface area (Å²) in [5, 5.41) is 19.7. The largest absolute Gasteiger partial charge is 2.00 e. The molecule has 0 unspecified atom stereocenters. The van der Waals surface area contributed by atoms with Crippen LogP contribution in [0.15, 0.2) is 24.8 Å². The van der Waals surface area contributed by atoms with E-state index in [1.54, 1.807) is 6.92 Å². The number of H-pyrrole nitrogens is 2. The third-order valence-corrected chi connectivity index (χ3v) is 8.76. The summed E-state index contributed by atoms with van der Waals surface area (Å²) in [7, 11) is 0. The van der Waals surface area contributed by atoms with Crippen molar-refractivity contribution in [1.29, 1.82) is 0 Å². The molecule has 0 aromatic carbocycles. The number of carbonyl (C=O) groups is 2. The van der Waals surface area contributed by atoms with Gasteiger partial charge in [-0.1, -0.05) is 26.5 Å². The molecule has 212 valence electrons. The number of hydrogen-bond acceptors (Lipinski definition) is 4. The molecule has 8 bridgehead atoms. The predicted octanol–water partition coefficient (Wildman–Crippen LogP) is 4.21. The summed E-state index contributed by atoms with van der Waals surface area (Å²) in [6, 6.07) is 6.04. The van der Waals surface area contributed by atoms with E-state index in [0.717, 1.165) is 56.4 Å². The molecule has 5 heterocycles. The van der Waals surface area contributed by atoms with E-state index in [-0.39, 0.29) is 72.9 Å². The number of fused-ring (bicyclic) bond motifs is 8. The molecule has 2 atom stereocenters. The molecule has 5 rings (SSSR count). The molecule has 10 heteroatoms. The van der Waals surface area contributed by atoms with Crippen LogP contribution in [0.3, 0.4) is 0 Å². The smallest absolute Gasteiger partial charge is 0.481 e. The average molecular weight is 641 g/mol. The molecule has 43 heavy (non-hydrogen) atoms. The Morgan fingerprint density at radius 3 is 2.21 bits per heavy atom. The number of nitrogens with zero attached hydrogens (tertiary/aromatic N) is 2. The van der Waals surface area contributed by atoms with Crippen molar-refractivity contribution in [2.45, 2.75) is 72.6 Å². The van der Waals surface area contributed by atoms with Crippen LogP contribution in [-0.4, -0.2) is 42.1 Å². The van der Waals surface area contributed by atoms with Crippen LogP contribution in [0.2, 0.25) is 0 Å². The maximum absolute atomic E-state index is 12.5. The molecule has 0 spiro atoms. The van der Waals surface area contributed by atoms with Gasteiger partial charge in [-0.2, -0.15) is 0 Å². The van der Waals surface area contributed by atoms with Gasteiger partial charge in [0.05, 0.1) is 17.0 Å². The standard InChI is InChI=1S/C33H36N4O4.Na.Zn/c1-8-20-15(3)23-12-25-17(5)22(10-11-29(38)39)31(36-25)19(7)32-30(33(40)41)18(6)26(37-32)14-28-21(9-2)16(4)24(35-28)13-27(20)34-23;;/h8,12-14,17,22,34-35H,1,9-11H2,2-7H3,(H,38,39)(H,40,41);;/q;+1;+2/t17-,22-;;/m0../s1. The van der Waals surface area contributed by atoms with E-state index in [2.05, 4.69) is 36.5 Å². The summed E-state index contributed by atoms with van der Waals surface area (Å²) in [6.07, 6.45) is 3.02. The Morgan fingerprint density at radius 1 is 0.953 bits per heavy atom. The summed E-state index contributed by atoms with van der Waals surface area (Å²) in [5.41, 5.74) is 11.8. The number of allylic oxidation sites excluding steroid dienone is 1. The Balaban J connectivity index is 0.00000253. The van der Waals surface area contributed by atoms with Crippen molar-refractivity contribution < 1.29 is 68.8 Å². The summed E-state index contributed by atoms with van der Waals surface area (Å²) in [5.74, 6) is -2.20. The molecule has 3 aromatic rings. The van der Waals surface area contributed by atoms with Crippen molar-refractivity contribution in [2.75, 3.05) is 0 Å². The van der Waals surface area contributed by atoms with Crippen LogP contribution in [0.4, 0.5) is 0 Å². The van der Waals surface area contributed by atoms with Crippen molar-refractivity contribution in [3.8, 4) is 0 Å². The zero-order chi connectivity index (χ0) is 29.7. The third kappa shape index (κ3) is 6.10. The van der Waals surface area contributed by atoms with Crippen molar-refractivity contribution in [3.05, 3.63) is 75.4 Å². The van der Waals surface area contributed by atoms with Crippen LogP contribution < -0.4 is 29.6 Å². The molecular weight excluding hydrogens is 605 g/mol. The van der Waals surface area contributed by atoms with Gasteiger partial charge < -0.3 is 20.2 Å². The van der Waals surface area contributed by atoms with Gasteiger partial charge in [0.1, 0.15) is 0 Å². The quantitative estimate of drug-likeness (QED) is 0.299. The van der Waals surface area contributed by atoms with Crippen LogP contribution in [0, 0.1) is 20.8 Å². The van der Waals surface area contributed by atoms with Crippen LogP contribution >= 0.6 is 0 Å². The maximum Gasteiger partial charge on any atom is 2.00 e. The van der Waals surface area contributed by atoms with Crippen molar-refractivity contribution in [2.24, 2.45) is 0 Å². The van der Waals surface area contributed by atoms with Gasteiger partial charge in [0.15, 0.2) is 0 Å². The number of hydrogen-bond donors (Lipinski definition) is 4. The fourth-order valence-corrected chi connectivity index (χ4v) is 6.32. The summed E-state index contributed by atoms with van der Waals surface area (Å²) >= 11 is 0. The fourth-order valence-electron chi connectivity index (χ4n) is 6.32. The number of carboxylic acids is 2. The first kappa shape index (κ1) is 34.7. The predicted molar refractivity (Wildman–Crippen MR) is 163 cm³/mol. The molecule has 2 aliphatic heterocycles. The molecule has 2 aliphatic rings. The maximum atomic E-state index is 12.5. The van der Waals surface area contributed by atoms with Gasteiger partial charge in [0.2, 0.25) is 0 Å². The number of nitrogens with one attached hydrogen (secondary N) is 2. The number of aromatic amines is 2. The normalized spacial score (nSPS) is 16.0. The van der Waals surface area contributed by atoms with Crippen molar-refractivity contribution in [3.63, 3.8) is 0 Å². The van der Waals surface area contributed by atoms with Gasteiger partial charge in [-0.3, -0.25) is 9.78 Å². The van der Waals surface area contributed by atoms with Gasteiger partial charge >= 0.3 is 61.0 Å². The van der Waals surface area contributed by atoms with E-state index >= 15 is 0 Å². The first-order chi connectivity index (χ1) is 19.5. The minimum Gasteiger partial charge on any atom is -0.481 e. The second-order valence-corrected chi connectivity index (χ2v) is 11.1. The van der Waals surface area contributed by atoms with E-state index < -0.39 is 11.9 Å². The van der Waals surface area contributed by atoms with Crippen LogP contribution in [0.5, 0.6) is 0 Å². The van der Waals surface area contributed by atoms with E-state index in [9.17, 15) is 19.8 Å². The van der Waals surface area contributed by atoms with E-state index in [4.69, 9.17) is 9.97 Å². The van der Waals surface area contributed by atoms with Gasteiger partial charge in [-0.05, 0) is 86.6 Å². The van der Waals surface area contributed by atoms with Crippen molar-refractivity contribution >= 4 is 51.2 Å². The van der Waals surface area contributed by atoms with E-state index in [1.165, 1.54) is 0 Å². The minimum atomic E-state index is -1.05. The van der Waals surface area contributed by atoms with Gasteiger partial charge in [-0.15, -0.1) is 0 Å². The number of aliphatic carboxylic acids is 2. The minimum absolute atomic E-state index is 0. The fraction of sp³-hybridized carbons (Fsp3) is 0.333. The first-order valence-electron chi connectivity index (χ1n) is 14.0. The summed E-state index contributed by atoms with van der Waals surface area (Å²) in [6.45, 7) is 16.0. The zero-order valence-corrected chi connectivity index (χ0v) is 31.1. The number of carboxylic acid groups (broad SMARTS) is 2. The molecular formula is C33H36N4NaO4Zn+3. The van der Waals surface area contributed by atoms with Crippen molar-refractivity contribution in [1.82, 2.24) is 19.9 Å². The molecule has 0 fully saturated rings. The molecule has 0 aliphatic carbocycles. The second-order valence-electron chi connectivity index (χ2n) is 11.1.